The number of aryl methyl sites for hydroxylation is 1. The first-order chi connectivity index (χ1) is 13.7. The molecule has 1 heterocycles. The molecule has 5 atom stereocenters. The van der Waals surface area contributed by atoms with Crippen LogP contribution in [0.15, 0.2) is 18.2 Å². The third-order valence-corrected chi connectivity index (χ3v) is 4.55. The van der Waals surface area contributed by atoms with E-state index in [1.54, 1.807) is 20.0 Å². The highest BCUT2D eigenvalue weighted by Crippen LogP contribution is 2.35. The van der Waals surface area contributed by atoms with E-state index in [4.69, 9.17) is 23.7 Å². The van der Waals surface area contributed by atoms with Gasteiger partial charge in [0.15, 0.2) is 12.2 Å². The molecule has 0 amide bonds. The number of carbonyl (C=O) groups is 3. The number of carbonyl (C=O) groups excluding carboxylic acids is 3. The van der Waals surface area contributed by atoms with Crippen LogP contribution in [0.3, 0.4) is 0 Å². The van der Waals surface area contributed by atoms with Crippen molar-refractivity contribution in [3.05, 3.63) is 23.8 Å². The van der Waals surface area contributed by atoms with E-state index >= 15 is 0 Å². The Kier molecular flexibility index (Phi) is 7.44. The zero-order valence-electron chi connectivity index (χ0n) is 17.4. The molecule has 0 aliphatic carbocycles. The molecule has 0 aromatic heterocycles. The summed E-state index contributed by atoms with van der Waals surface area (Å²) in [4.78, 5) is 35.6. The fraction of sp³-hybridized carbons (Fsp3) is 0.550. The minimum atomic E-state index is -1.21. The molecule has 1 N–H and O–H groups in total. The van der Waals surface area contributed by atoms with Crippen molar-refractivity contribution < 1.29 is 38.1 Å². The normalized spacial score (nSPS) is 26.2. The standard InChI is InChI=1S/C20H27NO8/c1-10-7-8-15(14(9-10)21-5)28-20-18(27-13(4)23)16(26-12(3)22)11(2)17(29-20)19(24)25-6/h7-9,11,16-18,20-21H,1-6H3/t11-,16-,17-,18+,20+/m0/s1. The van der Waals surface area contributed by atoms with Gasteiger partial charge in [-0.15, -0.1) is 0 Å². The Balaban J connectivity index is 2.44. The highest BCUT2D eigenvalue weighted by atomic mass is 16.7. The summed E-state index contributed by atoms with van der Waals surface area (Å²) >= 11 is 0. The smallest absolute Gasteiger partial charge is 0.335 e. The van der Waals surface area contributed by atoms with Crippen molar-refractivity contribution in [2.24, 2.45) is 5.92 Å². The summed E-state index contributed by atoms with van der Waals surface area (Å²) in [6, 6.07) is 5.42. The minimum Gasteiger partial charge on any atom is -0.467 e. The zero-order chi connectivity index (χ0) is 21.7. The van der Waals surface area contributed by atoms with E-state index in [-0.39, 0.29) is 0 Å². The quantitative estimate of drug-likeness (QED) is 0.556. The molecule has 1 aromatic rings. The molecular formula is C20H27NO8. The van der Waals surface area contributed by atoms with E-state index < -0.39 is 48.4 Å². The van der Waals surface area contributed by atoms with Gasteiger partial charge >= 0.3 is 17.9 Å². The van der Waals surface area contributed by atoms with Gasteiger partial charge in [-0.3, -0.25) is 9.59 Å². The van der Waals surface area contributed by atoms with Gasteiger partial charge < -0.3 is 29.0 Å². The number of methoxy groups -OCH3 is 1. The zero-order valence-corrected chi connectivity index (χ0v) is 17.4. The van der Waals surface area contributed by atoms with Gasteiger partial charge in [0.2, 0.25) is 12.4 Å². The van der Waals surface area contributed by atoms with Crippen LogP contribution in [0.4, 0.5) is 5.69 Å². The summed E-state index contributed by atoms with van der Waals surface area (Å²) in [6.45, 7) is 6.03. The average molecular weight is 409 g/mol. The topological polar surface area (TPSA) is 109 Å². The van der Waals surface area contributed by atoms with Gasteiger partial charge in [0.25, 0.3) is 0 Å². The number of hydrogen-bond acceptors (Lipinski definition) is 9. The van der Waals surface area contributed by atoms with E-state index in [1.807, 2.05) is 19.1 Å². The molecule has 0 unspecified atom stereocenters. The molecule has 1 aliphatic heterocycles. The molecule has 9 heteroatoms. The first-order valence-corrected chi connectivity index (χ1v) is 9.20. The van der Waals surface area contributed by atoms with Gasteiger partial charge in [-0.2, -0.15) is 0 Å². The van der Waals surface area contributed by atoms with Gasteiger partial charge in [0, 0.05) is 26.8 Å². The maximum atomic E-state index is 12.2. The monoisotopic (exact) mass is 409 g/mol. The van der Waals surface area contributed by atoms with Gasteiger partial charge in [-0.25, -0.2) is 4.79 Å². The minimum absolute atomic E-state index is 0.417. The second-order valence-electron chi connectivity index (χ2n) is 6.82. The average Bonchev–Trinajstić information content (AvgIpc) is 2.66. The molecule has 0 radical (unpaired) electrons. The van der Waals surface area contributed by atoms with Crippen LogP contribution in [0.1, 0.15) is 26.3 Å². The van der Waals surface area contributed by atoms with Crippen molar-refractivity contribution >= 4 is 23.6 Å². The van der Waals surface area contributed by atoms with Crippen LogP contribution >= 0.6 is 0 Å². The maximum Gasteiger partial charge on any atom is 0.335 e. The lowest BCUT2D eigenvalue weighted by atomic mass is 9.90. The van der Waals surface area contributed by atoms with Crippen LogP contribution in [0, 0.1) is 12.8 Å². The Morgan fingerprint density at radius 2 is 1.69 bits per heavy atom. The summed E-state index contributed by atoms with van der Waals surface area (Å²) < 4.78 is 27.4. The molecular weight excluding hydrogens is 382 g/mol. The summed E-state index contributed by atoms with van der Waals surface area (Å²) in [6.07, 6.45) is -4.34. The Morgan fingerprint density at radius 1 is 1.07 bits per heavy atom. The lowest BCUT2D eigenvalue weighted by Gasteiger charge is -2.42. The molecule has 1 aliphatic rings. The summed E-state index contributed by atoms with van der Waals surface area (Å²) in [7, 11) is 2.96. The molecule has 0 spiro atoms. The molecule has 1 fully saturated rings. The largest absolute Gasteiger partial charge is 0.467 e. The summed E-state index contributed by atoms with van der Waals surface area (Å²) in [5, 5.41) is 3.01. The Hall–Kier alpha value is -2.81. The molecule has 160 valence electrons. The molecule has 2 rings (SSSR count). The predicted octanol–water partition coefficient (Wildman–Crippen LogP) is 1.81. The number of rotatable bonds is 6. The fourth-order valence-electron chi connectivity index (χ4n) is 3.20. The third kappa shape index (κ3) is 5.38. The number of benzene rings is 1. The predicted molar refractivity (Wildman–Crippen MR) is 102 cm³/mol. The summed E-state index contributed by atoms with van der Waals surface area (Å²) in [5.41, 5.74) is 1.68. The molecule has 1 aromatic carbocycles. The fourth-order valence-corrected chi connectivity index (χ4v) is 3.20. The maximum absolute atomic E-state index is 12.2. The number of hydrogen-bond donors (Lipinski definition) is 1. The summed E-state index contributed by atoms with van der Waals surface area (Å²) in [5.74, 6) is -2.07. The number of ether oxygens (including phenoxy) is 5. The van der Waals surface area contributed by atoms with Crippen molar-refractivity contribution in [2.45, 2.75) is 52.3 Å². The van der Waals surface area contributed by atoms with Crippen LogP contribution in [0.2, 0.25) is 0 Å². The highest BCUT2D eigenvalue weighted by molar-refractivity contribution is 5.75. The molecule has 0 saturated carbocycles. The first-order valence-electron chi connectivity index (χ1n) is 9.20. The van der Waals surface area contributed by atoms with Gasteiger partial charge in [0.1, 0.15) is 5.75 Å². The Labute approximate surface area is 169 Å². The highest BCUT2D eigenvalue weighted by Gasteiger charge is 2.52. The van der Waals surface area contributed by atoms with E-state index in [1.165, 1.54) is 21.0 Å². The van der Waals surface area contributed by atoms with Crippen LogP contribution in [-0.2, 0) is 33.3 Å². The number of esters is 3. The van der Waals surface area contributed by atoms with Crippen LogP contribution in [0.5, 0.6) is 5.75 Å². The van der Waals surface area contributed by atoms with Gasteiger partial charge in [-0.1, -0.05) is 13.0 Å². The van der Waals surface area contributed by atoms with Gasteiger partial charge in [0.05, 0.1) is 12.8 Å². The molecule has 1 saturated heterocycles. The Bertz CT molecular complexity index is 765. The van der Waals surface area contributed by atoms with E-state index in [2.05, 4.69) is 5.32 Å². The lowest BCUT2D eigenvalue weighted by Crippen LogP contribution is -2.60. The SMILES string of the molecule is CNc1cc(C)ccc1O[C@@H]1O[C@H](C(=O)OC)[C@@H](C)[C@H](OC(C)=O)[C@H]1OC(C)=O. The lowest BCUT2D eigenvalue weighted by molar-refractivity contribution is -0.266. The van der Waals surface area contributed by atoms with Crippen molar-refractivity contribution in [2.75, 3.05) is 19.5 Å². The second kappa shape index (κ2) is 9.60. The van der Waals surface area contributed by atoms with Crippen LogP contribution in [0.25, 0.3) is 0 Å². The second-order valence-corrected chi connectivity index (χ2v) is 6.82. The number of nitrogens with one attached hydrogen (secondary N) is 1. The molecule has 29 heavy (non-hydrogen) atoms. The first kappa shape index (κ1) is 22.5. The van der Waals surface area contributed by atoms with Crippen LogP contribution < -0.4 is 10.1 Å². The number of anilines is 1. The third-order valence-electron chi connectivity index (χ3n) is 4.55. The van der Waals surface area contributed by atoms with Crippen molar-refractivity contribution in [1.29, 1.82) is 0 Å². The van der Waals surface area contributed by atoms with Gasteiger partial charge in [-0.05, 0) is 24.6 Å². The van der Waals surface area contributed by atoms with E-state index in [9.17, 15) is 14.4 Å². The molecule has 0 bridgehead atoms. The van der Waals surface area contributed by atoms with Crippen molar-refractivity contribution in [3.63, 3.8) is 0 Å². The van der Waals surface area contributed by atoms with Crippen molar-refractivity contribution in [1.82, 2.24) is 0 Å². The molecule has 9 nitrogen and oxygen atoms in total. The van der Waals surface area contributed by atoms with E-state index in [0.717, 1.165) is 5.56 Å². The van der Waals surface area contributed by atoms with Crippen LogP contribution in [-0.4, -0.2) is 56.7 Å². The Morgan fingerprint density at radius 3 is 2.24 bits per heavy atom. The van der Waals surface area contributed by atoms with Crippen molar-refractivity contribution in [3.8, 4) is 5.75 Å². The van der Waals surface area contributed by atoms with E-state index in [0.29, 0.717) is 11.4 Å².